The number of nitrogens with zero attached hydrogens (tertiary/aromatic N) is 3. The molecule has 0 amide bonds. The molecule has 5 heteroatoms. The van der Waals surface area contributed by atoms with Crippen molar-refractivity contribution in [1.29, 1.82) is 0 Å². The number of aromatic nitrogens is 3. The first-order valence-corrected chi connectivity index (χ1v) is 5.39. The smallest absolute Gasteiger partial charge is 0.166 e. The van der Waals surface area contributed by atoms with Crippen LogP contribution >= 0.6 is 0 Å². The molecule has 0 radical (unpaired) electrons. The average molecular weight is 219 g/mol. The molecule has 1 atom stereocenters. The Labute approximate surface area is 93.0 Å². The molecule has 0 aromatic carbocycles. The Morgan fingerprint density at radius 3 is 3.12 bits per heavy atom. The van der Waals surface area contributed by atoms with Gasteiger partial charge in [0.15, 0.2) is 11.5 Å². The van der Waals surface area contributed by atoms with E-state index >= 15 is 0 Å². The van der Waals surface area contributed by atoms with Crippen molar-refractivity contribution < 1.29 is 9.47 Å². The van der Waals surface area contributed by atoms with E-state index in [1.807, 2.05) is 22.7 Å². The van der Waals surface area contributed by atoms with E-state index in [1.165, 1.54) is 0 Å². The van der Waals surface area contributed by atoms with Crippen molar-refractivity contribution in [1.82, 2.24) is 14.6 Å². The van der Waals surface area contributed by atoms with Crippen LogP contribution in [0.1, 0.15) is 24.8 Å². The molecule has 0 spiro atoms. The van der Waals surface area contributed by atoms with Crippen LogP contribution in [0.15, 0.2) is 18.3 Å². The maximum atomic E-state index is 5.61. The topological polar surface area (TPSA) is 48.7 Å². The van der Waals surface area contributed by atoms with Gasteiger partial charge in [0.2, 0.25) is 0 Å². The number of hydrogen-bond donors (Lipinski definition) is 0. The summed E-state index contributed by atoms with van der Waals surface area (Å²) in [5.41, 5.74) is 0.825. The van der Waals surface area contributed by atoms with Crippen LogP contribution in [0.4, 0.5) is 0 Å². The van der Waals surface area contributed by atoms with E-state index in [-0.39, 0.29) is 6.10 Å². The molecular weight excluding hydrogens is 206 g/mol. The van der Waals surface area contributed by atoms with Gasteiger partial charge in [-0.2, -0.15) is 0 Å². The molecule has 1 aliphatic heterocycles. The van der Waals surface area contributed by atoms with Gasteiger partial charge in [0.1, 0.15) is 11.9 Å². The van der Waals surface area contributed by atoms with E-state index in [0.29, 0.717) is 0 Å². The molecule has 1 saturated heterocycles. The summed E-state index contributed by atoms with van der Waals surface area (Å²) < 4.78 is 12.7. The average Bonchev–Trinajstić information content (AvgIpc) is 2.96. The normalized spacial score (nSPS) is 20.4. The third kappa shape index (κ3) is 1.44. The van der Waals surface area contributed by atoms with E-state index in [2.05, 4.69) is 10.2 Å². The van der Waals surface area contributed by atoms with Crippen LogP contribution in [0.5, 0.6) is 5.75 Å². The number of methoxy groups -OCH3 is 1. The molecule has 2 aromatic heterocycles. The van der Waals surface area contributed by atoms with Crippen LogP contribution < -0.4 is 4.74 Å². The number of fused-ring (bicyclic) bond motifs is 1. The zero-order valence-corrected chi connectivity index (χ0v) is 9.09. The van der Waals surface area contributed by atoms with Crippen molar-refractivity contribution in [3.8, 4) is 5.75 Å². The summed E-state index contributed by atoms with van der Waals surface area (Å²) in [6, 6.07) is 3.77. The van der Waals surface area contributed by atoms with E-state index in [0.717, 1.165) is 36.7 Å². The van der Waals surface area contributed by atoms with Gasteiger partial charge in [-0.3, -0.25) is 4.40 Å². The van der Waals surface area contributed by atoms with Crippen LogP contribution in [0.3, 0.4) is 0 Å². The fraction of sp³-hybridized carbons (Fsp3) is 0.455. The standard InChI is InChI=1S/C11H13N3O2/c1-15-8-4-5-10-12-13-11(14(10)7-8)9-3-2-6-16-9/h4-5,7,9H,2-3,6H2,1H3. The van der Waals surface area contributed by atoms with Crippen LogP contribution in [0, 0.1) is 0 Å². The molecule has 2 aromatic rings. The van der Waals surface area contributed by atoms with Crippen molar-refractivity contribution in [3.05, 3.63) is 24.2 Å². The molecule has 0 saturated carbocycles. The highest BCUT2D eigenvalue weighted by Gasteiger charge is 2.22. The molecule has 0 N–H and O–H groups in total. The fourth-order valence-electron chi connectivity index (χ4n) is 2.01. The van der Waals surface area contributed by atoms with E-state index < -0.39 is 0 Å². The SMILES string of the molecule is COc1ccc2nnc(C3CCCO3)n2c1. The van der Waals surface area contributed by atoms with E-state index in [4.69, 9.17) is 9.47 Å². The van der Waals surface area contributed by atoms with Crippen LogP contribution in [-0.2, 0) is 4.74 Å². The van der Waals surface area contributed by atoms with Crippen LogP contribution in [0.25, 0.3) is 5.65 Å². The first kappa shape index (κ1) is 9.59. The molecule has 1 unspecified atom stereocenters. The zero-order valence-electron chi connectivity index (χ0n) is 9.09. The van der Waals surface area contributed by atoms with Gasteiger partial charge in [-0.05, 0) is 25.0 Å². The van der Waals surface area contributed by atoms with Gasteiger partial charge in [-0.15, -0.1) is 10.2 Å². The summed E-state index contributed by atoms with van der Waals surface area (Å²) in [5, 5.41) is 8.30. The molecule has 1 fully saturated rings. The second kappa shape index (κ2) is 3.75. The highest BCUT2D eigenvalue weighted by atomic mass is 16.5. The molecule has 3 heterocycles. The van der Waals surface area contributed by atoms with Gasteiger partial charge in [-0.1, -0.05) is 0 Å². The molecule has 0 aliphatic carbocycles. The predicted molar refractivity (Wildman–Crippen MR) is 57.5 cm³/mol. The Morgan fingerprint density at radius 1 is 1.44 bits per heavy atom. The Morgan fingerprint density at radius 2 is 2.38 bits per heavy atom. The first-order chi connectivity index (χ1) is 7.88. The van der Waals surface area contributed by atoms with Crippen molar-refractivity contribution in [2.45, 2.75) is 18.9 Å². The summed E-state index contributed by atoms with van der Waals surface area (Å²) in [6.07, 6.45) is 4.07. The molecule has 5 nitrogen and oxygen atoms in total. The summed E-state index contributed by atoms with van der Waals surface area (Å²) in [5.74, 6) is 1.66. The summed E-state index contributed by atoms with van der Waals surface area (Å²) in [4.78, 5) is 0. The highest BCUT2D eigenvalue weighted by Crippen LogP contribution is 2.28. The lowest BCUT2D eigenvalue weighted by molar-refractivity contribution is 0.104. The largest absolute Gasteiger partial charge is 0.495 e. The first-order valence-electron chi connectivity index (χ1n) is 5.39. The summed E-state index contributed by atoms with van der Waals surface area (Å²) in [7, 11) is 1.65. The Bertz CT molecular complexity index is 503. The molecule has 84 valence electrons. The number of hydrogen-bond acceptors (Lipinski definition) is 4. The van der Waals surface area contributed by atoms with Gasteiger partial charge in [0.25, 0.3) is 0 Å². The molecule has 16 heavy (non-hydrogen) atoms. The minimum Gasteiger partial charge on any atom is -0.495 e. The minimum atomic E-state index is 0.0714. The van der Waals surface area contributed by atoms with Crippen molar-refractivity contribution in [2.75, 3.05) is 13.7 Å². The highest BCUT2D eigenvalue weighted by molar-refractivity contribution is 5.41. The van der Waals surface area contributed by atoms with Crippen molar-refractivity contribution in [3.63, 3.8) is 0 Å². The van der Waals surface area contributed by atoms with Crippen LogP contribution in [-0.4, -0.2) is 28.3 Å². The Balaban J connectivity index is 2.09. The second-order valence-corrected chi connectivity index (χ2v) is 3.86. The van der Waals surface area contributed by atoms with Gasteiger partial charge in [-0.25, -0.2) is 0 Å². The lowest BCUT2D eigenvalue weighted by atomic mass is 10.2. The van der Waals surface area contributed by atoms with Gasteiger partial charge >= 0.3 is 0 Å². The summed E-state index contributed by atoms with van der Waals surface area (Å²) >= 11 is 0. The fourth-order valence-corrected chi connectivity index (χ4v) is 2.01. The third-order valence-corrected chi connectivity index (χ3v) is 2.85. The van der Waals surface area contributed by atoms with Gasteiger partial charge in [0, 0.05) is 6.61 Å². The molecule has 1 aliphatic rings. The minimum absolute atomic E-state index is 0.0714. The van der Waals surface area contributed by atoms with Gasteiger partial charge in [0.05, 0.1) is 13.3 Å². The number of rotatable bonds is 2. The lowest BCUT2D eigenvalue weighted by Gasteiger charge is -2.07. The second-order valence-electron chi connectivity index (χ2n) is 3.86. The molecule has 0 bridgehead atoms. The zero-order chi connectivity index (χ0) is 11.0. The Hall–Kier alpha value is -1.62. The maximum absolute atomic E-state index is 5.61. The lowest BCUT2D eigenvalue weighted by Crippen LogP contribution is -2.02. The predicted octanol–water partition coefficient (Wildman–Crippen LogP) is 1.59. The quantitative estimate of drug-likeness (QED) is 0.769. The molecule has 3 rings (SSSR count). The number of ether oxygens (including phenoxy) is 2. The van der Waals surface area contributed by atoms with E-state index in [9.17, 15) is 0 Å². The third-order valence-electron chi connectivity index (χ3n) is 2.85. The summed E-state index contributed by atoms with van der Waals surface area (Å²) in [6.45, 7) is 0.809. The van der Waals surface area contributed by atoms with Crippen molar-refractivity contribution >= 4 is 5.65 Å². The maximum Gasteiger partial charge on any atom is 0.166 e. The van der Waals surface area contributed by atoms with Gasteiger partial charge < -0.3 is 9.47 Å². The Kier molecular flexibility index (Phi) is 2.25. The van der Waals surface area contributed by atoms with Crippen LogP contribution in [0.2, 0.25) is 0 Å². The number of pyridine rings is 1. The monoisotopic (exact) mass is 219 g/mol. The molecular formula is C11H13N3O2. The van der Waals surface area contributed by atoms with E-state index in [1.54, 1.807) is 7.11 Å². The van der Waals surface area contributed by atoms with Crippen molar-refractivity contribution in [2.24, 2.45) is 0 Å².